The second-order valence-corrected chi connectivity index (χ2v) is 15.7. The van der Waals surface area contributed by atoms with Gasteiger partial charge in [0.15, 0.2) is 0 Å². The molecule has 2 fully saturated rings. The molecule has 314 valence electrons. The zero-order chi connectivity index (χ0) is 40.3. The monoisotopic (exact) mass is 777 g/mol. The van der Waals surface area contributed by atoms with Gasteiger partial charge in [0.1, 0.15) is 0 Å². The largest absolute Gasteiger partial charge is 0.481 e. The van der Waals surface area contributed by atoms with Gasteiger partial charge in [-0.25, -0.2) is 0 Å². The van der Waals surface area contributed by atoms with Gasteiger partial charge < -0.3 is 29.5 Å². The minimum Gasteiger partial charge on any atom is -0.481 e. The zero-order valence-corrected chi connectivity index (χ0v) is 33.8. The number of unbranched alkanes of at least 4 members (excludes halogenated alkanes) is 12. The molecule has 2 rings (SSSR count). The number of carboxylic acids is 2. The molecule has 55 heavy (non-hydrogen) atoms. The van der Waals surface area contributed by atoms with E-state index in [0.717, 1.165) is 109 Å². The molecule has 11 nitrogen and oxygen atoms in total. The Bertz CT molecular complexity index is 1180. The van der Waals surface area contributed by atoms with E-state index in [2.05, 4.69) is 38.2 Å². The Labute approximate surface area is 330 Å². The van der Waals surface area contributed by atoms with Gasteiger partial charge in [0.25, 0.3) is 0 Å². The SMILES string of the molecule is CCCC/C=C/C(CCC(CCCCCCCC(=O)O)OC(CCCCCCCC(=O)O)CCC(/C=C/CCCC)C1CC(O)OC1=O)C1CC(=O)OC1=O. The van der Waals surface area contributed by atoms with Crippen molar-refractivity contribution in [3.05, 3.63) is 24.3 Å². The molecule has 0 spiro atoms. The van der Waals surface area contributed by atoms with Crippen molar-refractivity contribution < 1.29 is 53.5 Å². The van der Waals surface area contributed by atoms with Crippen molar-refractivity contribution in [3.63, 3.8) is 0 Å². The van der Waals surface area contributed by atoms with E-state index in [1.807, 2.05) is 0 Å². The van der Waals surface area contributed by atoms with E-state index in [4.69, 9.17) is 24.4 Å². The molecule has 0 aliphatic carbocycles. The van der Waals surface area contributed by atoms with E-state index in [1.54, 1.807) is 0 Å². The first kappa shape index (κ1) is 48.1. The lowest BCUT2D eigenvalue weighted by atomic mass is 9.84. The third kappa shape index (κ3) is 21.7. The summed E-state index contributed by atoms with van der Waals surface area (Å²) < 4.78 is 17.1. The molecule has 0 radical (unpaired) electrons. The average molecular weight is 777 g/mol. The maximum Gasteiger partial charge on any atom is 0.317 e. The summed E-state index contributed by atoms with van der Waals surface area (Å²) in [5.74, 6) is -3.97. The van der Waals surface area contributed by atoms with Crippen LogP contribution in [-0.4, -0.2) is 63.7 Å². The highest BCUT2D eigenvalue weighted by atomic mass is 16.6. The van der Waals surface area contributed by atoms with Crippen molar-refractivity contribution in [2.24, 2.45) is 23.7 Å². The van der Waals surface area contributed by atoms with Gasteiger partial charge >= 0.3 is 29.8 Å². The fraction of sp³-hybridized carbons (Fsp3) is 0.795. The molecule has 0 amide bonds. The van der Waals surface area contributed by atoms with Crippen molar-refractivity contribution in [2.45, 2.75) is 199 Å². The van der Waals surface area contributed by atoms with Crippen LogP contribution in [0.5, 0.6) is 0 Å². The van der Waals surface area contributed by atoms with Gasteiger partial charge in [0, 0.05) is 19.3 Å². The van der Waals surface area contributed by atoms with Gasteiger partial charge in [-0.05, 0) is 76.0 Å². The smallest absolute Gasteiger partial charge is 0.317 e. The molecule has 2 aliphatic heterocycles. The summed E-state index contributed by atoms with van der Waals surface area (Å²) in [6, 6.07) is 0. The van der Waals surface area contributed by atoms with Crippen molar-refractivity contribution in [1.29, 1.82) is 0 Å². The van der Waals surface area contributed by atoms with Gasteiger partial charge in [-0.2, -0.15) is 0 Å². The van der Waals surface area contributed by atoms with E-state index in [9.17, 15) is 29.1 Å². The van der Waals surface area contributed by atoms with Crippen LogP contribution < -0.4 is 0 Å². The molecular weight excluding hydrogens is 704 g/mol. The maximum absolute atomic E-state index is 12.8. The summed E-state index contributed by atoms with van der Waals surface area (Å²) in [6.07, 6.45) is 27.1. The van der Waals surface area contributed by atoms with Crippen molar-refractivity contribution in [3.8, 4) is 0 Å². The summed E-state index contributed by atoms with van der Waals surface area (Å²) in [5.41, 5.74) is 0. The van der Waals surface area contributed by atoms with Gasteiger partial charge in [0.2, 0.25) is 6.29 Å². The molecule has 2 aliphatic rings. The van der Waals surface area contributed by atoms with E-state index in [-0.39, 0.29) is 55.7 Å². The molecule has 7 unspecified atom stereocenters. The van der Waals surface area contributed by atoms with Crippen LogP contribution in [0.3, 0.4) is 0 Å². The number of carbonyl (C=O) groups is 5. The predicted octanol–water partition coefficient (Wildman–Crippen LogP) is 9.63. The van der Waals surface area contributed by atoms with E-state index >= 15 is 0 Å². The Kier molecular flexibility index (Phi) is 25.6. The lowest BCUT2D eigenvalue weighted by molar-refractivity contribution is -0.156. The van der Waals surface area contributed by atoms with Crippen molar-refractivity contribution >= 4 is 29.8 Å². The highest BCUT2D eigenvalue weighted by molar-refractivity contribution is 5.94. The zero-order valence-electron chi connectivity index (χ0n) is 33.8. The molecule has 0 aromatic rings. The molecule has 2 saturated heterocycles. The molecule has 2 heterocycles. The molecule has 11 heteroatoms. The summed E-state index contributed by atoms with van der Waals surface area (Å²) in [6.45, 7) is 4.28. The van der Waals surface area contributed by atoms with E-state index in [0.29, 0.717) is 32.1 Å². The Morgan fingerprint density at radius 2 is 1.13 bits per heavy atom. The third-order valence-electron chi connectivity index (χ3n) is 11.0. The molecule has 0 bridgehead atoms. The summed E-state index contributed by atoms with van der Waals surface area (Å²) in [5, 5.41) is 28.1. The Balaban J connectivity index is 2.24. The molecule has 7 atom stereocenters. The quantitative estimate of drug-likeness (QED) is 0.0246. The number of aliphatic hydroxyl groups is 1. The first-order valence-corrected chi connectivity index (χ1v) is 21.6. The molecule has 0 saturated carbocycles. The molecule has 0 aromatic carbocycles. The summed E-state index contributed by atoms with van der Waals surface area (Å²) in [4.78, 5) is 59.5. The average Bonchev–Trinajstić information content (AvgIpc) is 3.66. The van der Waals surface area contributed by atoms with Crippen LogP contribution in [0.2, 0.25) is 0 Å². The molecular formula is C44H72O11. The Hall–Kier alpha value is -3.05. The Morgan fingerprint density at radius 3 is 1.55 bits per heavy atom. The van der Waals surface area contributed by atoms with Crippen LogP contribution >= 0.6 is 0 Å². The maximum atomic E-state index is 12.8. The van der Waals surface area contributed by atoms with Crippen molar-refractivity contribution in [2.75, 3.05) is 0 Å². The molecule has 0 aromatic heterocycles. The van der Waals surface area contributed by atoms with Gasteiger partial charge in [-0.3, -0.25) is 24.0 Å². The lowest BCUT2D eigenvalue weighted by Crippen LogP contribution is -2.26. The van der Waals surface area contributed by atoms with Crippen LogP contribution in [0.1, 0.15) is 181 Å². The second kappa shape index (κ2) is 29.2. The fourth-order valence-electron chi connectivity index (χ4n) is 7.75. The van der Waals surface area contributed by atoms with Crippen LogP contribution in [-0.2, 0) is 38.2 Å². The first-order valence-electron chi connectivity index (χ1n) is 21.6. The number of carbonyl (C=O) groups excluding carboxylic acids is 3. The van der Waals surface area contributed by atoms with Gasteiger partial charge in [0.05, 0.1) is 30.5 Å². The minimum absolute atomic E-state index is 0.0866. The number of allylic oxidation sites excluding steroid dienone is 4. The predicted molar refractivity (Wildman–Crippen MR) is 211 cm³/mol. The first-order chi connectivity index (χ1) is 26.5. The standard InChI is InChI=1S/C44H72O11/c1-3-5-7-15-21-33(37-31-41(49)54-43(37)51)27-29-35(23-17-11-9-13-19-25-39(45)46)53-36(24-18-12-10-14-20-26-40(47)48)30-28-34(22-16-8-6-4-2)38-32-42(50)55-44(38)52/h15-16,21-22,33-38,41,49H,3-14,17-20,23-32H2,1-2H3,(H,45,46)(H,47,48)/b21-15+,22-16+. The number of rotatable bonds is 34. The number of ether oxygens (including phenoxy) is 3. The van der Waals surface area contributed by atoms with E-state index < -0.39 is 42.0 Å². The second-order valence-electron chi connectivity index (χ2n) is 15.7. The van der Waals surface area contributed by atoms with Gasteiger partial charge in [-0.15, -0.1) is 0 Å². The third-order valence-corrected chi connectivity index (χ3v) is 11.0. The van der Waals surface area contributed by atoms with E-state index in [1.165, 1.54) is 0 Å². The number of hydrogen-bond acceptors (Lipinski definition) is 9. The highest BCUT2D eigenvalue weighted by Gasteiger charge is 2.39. The Morgan fingerprint density at radius 1 is 0.655 bits per heavy atom. The summed E-state index contributed by atoms with van der Waals surface area (Å²) in [7, 11) is 0. The number of cyclic esters (lactones) is 3. The van der Waals surface area contributed by atoms with Crippen LogP contribution in [0.15, 0.2) is 24.3 Å². The summed E-state index contributed by atoms with van der Waals surface area (Å²) >= 11 is 0. The van der Waals surface area contributed by atoms with Gasteiger partial charge in [-0.1, -0.05) is 115 Å². The number of aliphatic hydroxyl groups excluding tert-OH is 1. The number of esters is 3. The minimum atomic E-state index is -1.08. The van der Waals surface area contributed by atoms with Crippen LogP contribution in [0.25, 0.3) is 0 Å². The molecule has 3 N–H and O–H groups in total. The fourth-order valence-corrected chi connectivity index (χ4v) is 7.75. The topological polar surface area (TPSA) is 174 Å². The highest BCUT2D eigenvalue weighted by Crippen LogP contribution is 2.34. The van der Waals surface area contributed by atoms with Crippen molar-refractivity contribution in [1.82, 2.24) is 0 Å². The number of carboxylic acid groups (broad SMARTS) is 2. The van der Waals surface area contributed by atoms with Crippen LogP contribution in [0, 0.1) is 23.7 Å². The van der Waals surface area contributed by atoms with Crippen LogP contribution in [0.4, 0.5) is 0 Å². The number of hydrogen-bond donors (Lipinski definition) is 3. The normalized spacial score (nSPS) is 20.9. The number of aliphatic carboxylic acids is 2. The lowest BCUT2D eigenvalue weighted by Gasteiger charge is -2.28.